The van der Waals surface area contributed by atoms with E-state index in [4.69, 9.17) is 16.3 Å². The number of nitrogens with zero attached hydrogens (tertiary/aromatic N) is 3. The summed E-state index contributed by atoms with van der Waals surface area (Å²) >= 11 is 5.94. The average Bonchev–Trinajstić information content (AvgIpc) is 2.89. The maximum absolute atomic E-state index is 13.6. The second-order valence-electron chi connectivity index (χ2n) is 9.10. The number of carbonyl (C=O) groups is 2. The highest BCUT2D eigenvalue weighted by Gasteiger charge is 2.37. The van der Waals surface area contributed by atoms with Crippen LogP contribution in [-0.4, -0.2) is 78.9 Å². The summed E-state index contributed by atoms with van der Waals surface area (Å²) in [4.78, 5) is 31.9. The van der Waals surface area contributed by atoms with Gasteiger partial charge in [-0.3, -0.25) is 14.5 Å². The van der Waals surface area contributed by atoms with E-state index in [1.54, 1.807) is 37.4 Å². The van der Waals surface area contributed by atoms with Gasteiger partial charge in [-0.15, -0.1) is 0 Å². The third-order valence-electron chi connectivity index (χ3n) is 6.97. The van der Waals surface area contributed by atoms with E-state index in [2.05, 4.69) is 4.90 Å². The molecule has 2 aliphatic rings. The van der Waals surface area contributed by atoms with Crippen molar-refractivity contribution in [2.24, 2.45) is 0 Å². The van der Waals surface area contributed by atoms with E-state index in [0.29, 0.717) is 49.1 Å². The molecule has 0 unspecified atom stereocenters. The van der Waals surface area contributed by atoms with Crippen molar-refractivity contribution in [2.45, 2.75) is 6.04 Å². The quantitative estimate of drug-likeness (QED) is 0.512. The molecule has 0 atom stereocenters. The Balaban J connectivity index is 1.17. The lowest BCUT2D eigenvalue weighted by Crippen LogP contribution is -2.64. The van der Waals surface area contributed by atoms with Crippen molar-refractivity contribution in [2.75, 3.05) is 46.4 Å². The molecular formula is C28H27ClFN3O3. The SMILES string of the molecule is COc1cc(C(=O)N2CC(N3CCN(C(=O)c4ccccc4)CC3)C2)ccc1-c1ccc(F)c(Cl)c1. The highest BCUT2D eigenvalue weighted by atomic mass is 35.5. The van der Waals surface area contributed by atoms with E-state index in [1.807, 2.05) is 40.1 Å². The summed E-state index contributed by atoms with van der Waals surface area (Å²) in [6, 6.07) is 19.4. The lowest BCUT2D eigenvalue weighted by atomic mass is 10.00. The van der Waals surface area contributed by atoms with Crippen LogP contribution in [0.1, 0.15) is 20.7 Å². The third-order valence-corrected chi connectivity index (χ3v) is 7.26. The van der Waals surface area contributed by atoms with Gasteiger partial charge in [-0.25, -0.2) is 4.39 Å². The predicted octanol–water partition coefficient (Wildman–Crippen LogP) is 4.44. The maximum Gasteiger partial charge on any atom is 0.254 e. The fourth-order valence-corrected chi connectivity index (χ4v) is 5.00. The highest BCUT2D eigenvalue weighted by Crippen LogP contribution is 2.34. The number of likely N-dealkylation sites (tertiary alicyclic amines) is 1. The Hall–Kier alpha value is -3.42. The van der Waals surface area contributed by atoms with E-state index in [1.165, 1.54) is 6.07 Å². The number of piperazine rings is 1. The topological polar surface area (TPSA) is 53.1 Å². The van der Waals surface area contributed by atoms with Crippen molar-refractivity contribution in [3.8, 4) is 16.9 Å². The number of hydrogen-bond donors (Lipinski definition) is 0. The Labute approximate surface area is 214 Å². The van der Waals surface area contributed by atoms with Crippen molar-refractivity contribution < 1.29 is 18.7 Å². The first-order chi connectivity index (χ1) is 17.4. The number of benzene rings is 3. The number of hydrogen-bond acceptors (Lipinski definition) is 4. The van der Waals surface area contributed by atoms with E-state index < -0.39 is 5.82 Å². The molecule has 3 aromatic carbocycles. The first-order valence-corrected chi connectivity index (χ1v) is 12.3. The maximum atomic E-state index is 13.6. The number of amides is 2. The molecule has 5 rings (SSSR count). The van der Waals surface area contributed by atoms with E-state index in [-0.39, 0.29) is 16.8 Å². The minimum Gasteiger partial charge on any atom is -0.496 e. The van der Waals surface area contributed by atoms with Gasteiger partial charge in [0.25, 0.3) is 11.8 Å². The minimum absolute atomic E-state index is 0.0339. The predicted molar refractivity (Wildman–Crippen MR) is 137 cm³/mol. The number of carbonyl (C=O) groups excluding carboxylic acids is 2. The first-order valence-electron chi connectivity index (χ1n) is 12.0. The van der Waals surface area contributed by atoms with Gasteiger partial charge < -0.3 is 14.5 Å². The fraction of sp³-hybridized carbons (Fsp3) is 0.286. The van der Waals surface area contributed by atoms with E-state index in [9.17, 15) is 14.0 Å². The smallest absolute Gasteiger partial charge is 0.254 e. The molecule has 0 aliphatic carbocycles. The molecule has 8 heteroatoms. The summed E-state index contributed by atoms with van der Waals surface area (Å²) in [5, 5.41) is 0.0339. The number of ether oxygens (including phenoxy) is 1. The van der Waals surface area contributed by atoms with E-state index in [0.717, 1.165) is 24.2 Å². The Morgan fingerprint density at radius 1 is 0.861 bits per heavy atom. The molecule has 6 nitrogen and oxygen atoms in total. The van der Waals surface area contributed by atoms with Gasteiger partial charge in [-0.05, 0) is 48.0 Å². The zero-order valence-electron chi connectivity index (χ0n) is 20.0. The summed E-state index contributed by atoms with van der Waals surface area (Å²) < 4.78 is 19.1. The van der Waals surface area contributed by atoms with Gasteiger partial charge in [0.05, 0.1) is 12.1 Å². The molecular weight excluding hydrogens is 481 g/mol. The normalized spacial score (nSPS) is 16.5. The van der Waals surface area contributed by atoms with Crippen molar-refractivity contribution in [3.05, 3.63) is 88.7 Å². The van der Waals surface area contributed by atoms with Crippen LogP contribution < -0.4 is 4.74 Å². The Kier molecular flexibility index (Phi) is 6.94. The van der Waals surface area contributed by atoms with Crippen molar-refractivity contribution >= 4 is 23.4 Å². The summed E-state index contributed by atoms with van der Waals surface area (Å²) in [6.45, 7) is 4.28. The van der Waals surface area contributed by atoms with Crippen molar-refractivity contribution in [1.82, 2.24) is 14.7 Å². The second-order valence-corrected chi connectivity index (χ2v) is 9.51. The van der Waals surface area contributed by atoms with Crippen LogP contribution >= 0.6 is 11.6 Å². The molecule has 0 radical (unpaired) electrons. The first kappa shape index (κ1) is 24.3. The zero-order chi connectivity index (χ0) is 25.2. The molecule has 2 heterocycles. The van der Waals surface area contributed by atoms with Crippen LogP contribution in [0.5, 0.6) is 5.75 Å². The zero-order valence-corrected chi connectivity index (χ0v) is 20.7. The Morgan fingerprint density at radius 2 is 1.56 bits per heavy atom. The van der Waals surface area contributed by atoms with Crippen LogP contribution in [0.15, 0.2) is 66.7 Å². The average molecular weight is 508 g/mol. The number of halogens is 2. The Bertz CT molecular complexity index is 1270. The van der Waals surface area contributed by atoms with Crippen molar-refractivity contribution in [3.63, 3.8) is 0 Å². The van der Waals surface area contributed by atoms with Gasteiger partial charge in [-0.1, -0.05) is 35.9 Å². The molecule has 0 aromatic heterocycles. The summed E-state index contributed by atoms with van der Waals surface area (Å²) in [5.74, 6) is 0.0645. The van der Waals surface area contributed by atoms with Gasteiger partial charge in [-0.2, -0.15) is 0 Å². The highest BCUT2D eigenvalue weighted by molar-refractivity contribution is 6.31. The monoisotopic (exact) mass is 507 g/mol. The number of rotatable bonds is 5. The molecule has 2 aliphatic heterocycles. The lowest BCUT2D eigenvalue weighted by molar-refractivity contribution is 0.00852. The van der Waals surface area contributed by atoms with Gasteiger partial charge in [0.2, 0.25) is 0 Å². The van der Waals surface area contributed by atoms with Crippen LogP contribution in [0.4, 0.5) is 4.39 Å². The van der Waals surface area contributed by atoms with Crippen molar-refractivity contribution in [1.29, 1.82) is 0 Å². The lowest BCUT2D eigenvalue weighted by Gasteiger charge is -2.48. The molecule has 186 valence electrons. The van der Waals surface area contributed by atoms with Crippen LogP contribution in [0, 0.1) is 5.82 Å². The minimum atomic E-state index is -0.484. The van der Waals surface area contributed by atoms with Crippen LogP contribution in [-0.2, 0) is 0 Å². The summed E-state index contributed by atoms with van der Waals surface area (Å²) in [5.41, 5.74) is 2.71. The molecule has 0 spiro atoms. The molecule has 36 heavy (non-hydrogen) atoms. The largest absolute Gasteiger partial charge is 0.496 e. The summed E-state index contributed by atoms with van der Waals surface area (Å²) in [6.07, 6.45) is 0. The molecule has 0 bridgehead atoms. The van der Waals surface area contributed by atoms with Crippen LogP contribution in [0.25, 0.3) is 11.1 Å². The molecule has 2 fully saturated rings. The van der Waals surface area contributed by atoms with Crippen LogP contribution in [0.3, 0.4) is 0 Å². The molecule has 2 amide bonds. The fourth-order valence-electron chi connectivity index (χ4n) is 4.81. The molecule has 0 saturated carbocycles. The standard InChI is InChI=1S/C28H27ClFN3O3/c1-36-26-16-21(7-9-23(26)20-8-10-25(30)24(29)15-20)28(35)33-17-22(18-33)31-11-13-32(14-12-31)27(34)19-5-3-2-4-6-19/h2-10,15-16,22H,11-14,17-18H2,1H3. The second kappa shape index (κ2) is 10.3. The third kappa shape index (κ3) is 4.81. The Morgan fingerprint density at radius 3 is 2.22 bits per heavy atom. The molecule has 3 aromatic rings. The number of methoxy groups -OCH3 is 1. The van der Waals surface area contributed by atoms with Gasteiger partial charge in [0.15, 0.2) is 0 Å². The van der Waals surface area contributed by atoms with Gasteiger partial charge in [0, 0.05) is 62.0 Å². The molecule has 0 N–H and O–H groups in total. The summed E-state index contributed by atoms with van der Waals surface area (Å²) in [7, 11) is 1.54. The van der Waals surface area contributed by atoms with E-state index >= 15 is 0 Å². The van der Waals surface area contributed by atoms with Crippen LogP contribution in [0.2, 0.25) is 5.02 Å². The van der Waals surface area contributed by atoms with Gasteiger partial charge in [0.1, 0.15) is 11.6 Å². The molecule has 2 saturated heterocycles. The van der Waals surface area contributed by atoms with Gasteiger partial charge >= 0.3 is 0 Å².